The second-order valence-corrected chi connectivity index (χ2v) is 5.31. The van der Waals surface area contributed by atoms with Crippen molar-refractivity contribution in [3.63, 3.8) is 0 Å². The molecule has 0 N–H and O–H groups in total. The topological polar surface area (TPSA) is 27.0 Å². The lowest BCUT2D eigenvalue weighted by Crippen LogP contribution is -2.28. The van der Waals surface area contributed by atoms with Crippen LogP contribution in [0.2, 0.25) is 0 Å². The number of hydrogen-bond donors (Lipinski definition) is 0. The van der Waals surface area contributed by atoms with Crippen LogP contribution in [0.1, 0.15) is 24.0 Å². The fourth-order valence-electron chi connectivity index (χ4n) is 2.25. The van der Waals surface area contributed by atoms with Gasteiger partial charge in [0.2, 0.25) is 0 Å². The van der Waals surface area contributed by atoms with Gasteiger partial charge in [-0.15, -0.1) is 0 Å². The first-order chi connectivity index (χ1) is 8.15. The monoisotopic (exact) mass is 228 g/mol. The molecule has 90 valence electrons. The molecule has 17 heavy (non-hydrogen) atoms. The average molecular weight is 228 g/mol. The highest BCUT2D eigenvalue weighted by Gasteiger charge is 2.43. The third kappa shape index (κ3) is 3.08. The molecule has 1 fully saturated rings. The van der Waals surface area contributed by atoms with Gasteiger partial charge in [-0.05, 0) is 44.4 Å². The third-order valence-corrected chi connectivity index (χ3v) is 3.69. The molecule has 0 saturated heterocycles. The van der Waals surface area contributed by atoms with Gasteiger partial charge in [-0.2, -0.15) is 5.26 Å². The van der Waals surface area contributed by atoms with Crippen LogP contribution in [0.15, 0.2) is 24.3 Å². The Balaban J connectivity index is 1.83. The predicted molar refractivity (Wildman–Crippen MR) is 69.7 cm³/mol. The summed E-state index contributed by atoms with van der Waals surface area (Å²) in [5, 5.41) is 9.06. The summed E-state index contributed by atoms with van der Waals surface area (Å²) in [5.74, 6) is 0. The molecule has 0 spiro atoms. The zero-order valence-corrected chi connectivity index (χ0v) is 10.7. The molecule has 0 aromatic heterocycles. The van der Waals surface area contributed by atoms with Crippen LogP contribution in [0.4, 0.5) is 0 Å². The second kappa shape index (κ2) is 4.89. The summed E-state index contributed by atoms with van der Waals surface area (Å²) < 4.78 is 0. The Hall–Kier alpha value is -1.33. The van der Waals surface area contributed by atoms with Gasteiger partial charge in [0.25, 0.3) is 0 Å². The molecule has 1 aromatic carbocycles. The second-order valence-electron chi connectivity index (χ2n) is 5.31. The number of benzene rings is 1. The van der Waals surface area contributed by atoms with Gasteiger partial charge in [-0.1, -0.05) is 24.3 Å². The Morgan fingerprint density at radius 3 is 2.65 bits per heavy atom. The van der Waals surface area contributed by atoms with Crippen molar-refractivity contribution in [2.75, 3.05) is 20.1 Å². The zero-order valence-electron chi connectivity index (χ0n) is 10.7. The fraction of sp³-hybridized carbons (Fsp3) is 0.533. The normalized spacial score (nSPS) is 16.8. The van der Waals surface area contributed by atoms with Crippen LogP contribution in [-0.4, -0.2) is 25.0 Å². The maximum absolute atomic E-state index is 9.06. The van der Waals surface area contributed by atoms with E-state index in [1.165, 1.54) is 11.1 Å². The minimum atomic E-state index is -0.0134. The molecule has 1 saturated carbocycles. The van der Waals surface area contributed by atoms with Gasteiger partial charge in [0, 0.05) is 13.1 Å². The first-order valence-corrected chi connectivity index (χ1v) is 6.29. The van der Waals surface area contributed by atoms with Crippen LogP contribution in [0.3, 0.4) is 0 Å². The molecular formula is C15H20N2. The van der Waals surface area contributed by atoms with E-state index in [4.69, 9.17) is 5.26 Å². The van der Waals surface area contributed by atoms with Crippen LogP contribution in [-0.2, 0) is 6.42 Å². The zero-order chi connectivity index (χ0) is 12.3. The van der Waals surface area contributed by atoms with E-state index in [0.29, 0.717) is 0 Å². The van der Waals surface area contributed by atoms with Crippen molar-refractivity contribution in [1.29, 1.82) is 5.26 Å². The van der Waals surface area contributed by atoms with Gasteiger partial charge in [-0.25, -0.2) is 0 Å². The number of nitrogens with zero attached hydrogens (tertiary/aromatic N) is 2. The molecule has 0 radical (unpaired) electrons. The van der Waals surface area contributed by atoms with Crippen LogP contribution in [0.5, 0.6) is 0 Å². The summed E-state index contributed by atoms with van der Waals surface area (Å²) in [6.07, 6.45) is 3.24. The van der Waals surface area contributed by atoms with Crippen molar-refractivity contribution in [3.05, 3.63) is 35.4 Å². The highest BCUT2D eigenvalue weighted by molar-refractivity contribution is 5.25. The lowest BCUT2D eigenvalue weighted by atomic mass is 10.1. The van der Waals surface area contributed by atoms with E-state index in [-0.39, 0.29) is 5.41 Å². The Morgan fingerprint density at radius 2 is 2.06 bits per heavy atom. The maximum atomic E-state index is 9.06. The highest BCUT2D eigenvalue weighted by Crippen LogP contribution is 2.45. The highest BCUT2D eigenvalue weighted by atomic mass is 15.1. The molecular weight excluding hydrogens is 208 g/mol. The molecule has 0 atom stereocenters. The largest absolute Gasteiger partial charge is 0.304 e. The summed E-state index contributed by atoms with van der Waals surface area (Å²) in [6.45, 7) is 4.12. The molecule has 2 nitrogen and oxygen atoms in total. The quantitative estimate of drug-likeness (QED) is 0.775. The maximum Gasteiger partial charge on any atom is 0.0703 e. The first kappa shape index (κ1) is 12.1. The fourth-order valence-corrected chi connectivity index (χ4v) is 2.25. The molecule has 0 heterocycles. The minimum Gasteiger partial charge on any atom is -0.304 e. The minimum absolute atomic E-state index is 0.0134. The standard InChI is InChI=1S/C15H20N2/c1-13-5-3-4-6-14(13)7-10-17(2)12-15(11-16)8-9-15/h3-6H,7-10,12H2,1-2H3. The summed E-state index contributed by atoms with van der Waals surface area (Å²) in [4.78, 5) is 2.29. The first-order valence-electron chi connectivity index (χ1n) is 6.29. The Bertz CT molecular complexity index is 427. The van der Waals surface area contributed by atoms with Crippen LogP contribution < -0.4 is 0 Å². The molecule has 1 aliphatic carbocycles. The lowest BCUT2D eigenvalue weighted by molar-refractivity contribution is 0.297. The molecule has 0 amide bonds. The predicted octanol–water partition coefficient (Wildman–Crippen LogP) is 2.77. The molecule has 0 unspecified atom stereocenters. The van der Waals surface area contributed by atoms with E-state index in [1.807, 2.05) is 0 Å². The van der Waals surface area contributed by atoms with Gasteiger partial charge in [0.05, 0.1) is 11.5 Å². The van der Waals surface area contributed by atoms with Gasteiger partial charge in [-0.3, -0.25) is 0 Å². The molecule has 0 aliphatic heterocycles. The number of likely N-dealkylation sites (N-methyl/N-ethyl adjacent to an activating group) is 1. The van der Waals surface area contributed by atoms with Crippen molar-refractivity contribution in [1.82, 2.24) is 4.90 Å². The van der Waals surface area contributed by atoms with E-state index >= 15 is 0 Å². The SMILES string of the molecule is Cc1ccccc1CCN(C)CC1(C#N)CC1. The van der Waals surface area contributed by atoms with E-state index in [1.54, 1.807) is 0 Å². The third-order valence-electron chi connectivity index (χ3n) is 3.69. The van der Waals surface area contributed by atoms with E-state index in [9.17, 15) is 0 Å². The summed E-state index contributed by atoms with van der Waals surface area (Å²) in [6, 6.07) is 11.0. The number of hydrogen-bond acceptors (Lipinski definition) is 2. The molecule has 1 aromatic rings. The molecule has 1 aliphatic rings. The van der Waals surface area contributed by atoms with E-state index in [2.05, 4.69) is 49.2 Å². The van der Waals surface area contributed by atoms with Crippen molar-refractivity contribution in [2.24, 2.45) is 5.41 Å². The molecule has 2 heteroatoms. The van der Waals surface area contributed by atoms with Crippen molar-refractivity contribution >= 4 is 0 Å². The van der Waals surface area contributed by atoms with Crippen molar-refractivity contribution in [2.45, 2.75) is 26.2 Å². The smallest absolute Gasteiger partial charge is 0.0703 e. The molecule has 0 bridgehead atoms. The van der Waals surface area contributed by atoms with Crippen molar-refractivity contribution in [3.8, 4) is 6.07 Å². The molecule has 2 rings (SSSR count). The Kier molecular flexibility index (Phi) is 3.49. The van der Waals surface area contributed by atoms with Crippen LogP contribution in [0, 0.1) is 23.7 Å². The average Bonchev–Trinajstić information content (AvgIpc) is 3.08. The van der Waals surface area contributed by atoms with Crippen LogP contribution >= 0.6 is 0 Å². The van der Waals surface area contributed by atoms with Gasteiger partial charge >= 0.3 is 0 Å². The van der Waals surface area contributed by atoms with Crippen LogP contribution in [0.25, 0.3) is 0 Å². The van der Waals surface area contributed by atoms with Gasteiger partial charge in [0.1, 0.15) is 0 Å². The van der Waals surface area contributed by atoms with Gasteiger partial charge < -0.3 is 4.90 Å². The van der Waals surface area contributed by atoms with Crippen molar-refractivity contribution < 1.29 is 0 Å². The lowest BCUT2D eigenvalue weighted by Gasteiger charge is -2.19. The summed E-state index contributed by atoms with van der Waals surface area (Å²) in [5.41, 5.74) is 2.77. The Labute approximate surface area is 104 Å². The summed E-state index contributed by atoms with van der Waals surface area (Å²) >= 11 is 0. The summed E-state index contributed by atoms with van der Waals surface area (Å²) in [7, 11) is 2.12. The van der Waals surface area contributed by atoms with E-state index in [0.717, 1.165) is 32.4 Å². The Morgan fingerprint density at radius 1 is 1.35 bits per heavy atom. The van der Waals surface area contributed by atoms with E-state index < -0.39 is 0 Å². The van der Waals surface area contributed by atoms with Gasteiger partial charge in [0.15, 0.2) is 0 Å². The number of aryl methyl sites for hydroxylation is 1. The number of nitriles is 1. The number of rotatable bonds is 5.